The lowest BCUT2D eigenvalue weighted by molar-refractivity contribution is 0.227. The van der Waals surface area contributed by atoms with Crippen LogP contribution in [0, 0.1) is 13.8 Å². The first-order chi connectivity index (χ1) is 19.1. The van der Waals surface area contributed by atoms with Crippen LogP contribution in [-0.2, 0) is 4.74 Å². The number of H-pyrrole nitrogens is 1. The van der Waals surface area contributed by atoms with Crippen LogP contribution in [-0.4, -0.2) is 34.8 Å². The van der Waals surface area contributed by atoms with Gasteiger partial charge in [0.05, 0.1) is 14.2 Å². The molecule has 0 unspecified atom stereocenters. The first kappa shape index (κ1) is 29.7. The molecule has 40 heavy (non-hydrogen) atoms. The first-order valence-electron chi connectivity index (χ1n) is 13.8. The number of nitrogens with one attached hydrogen (secondary N) is 1. The van der Waals surface area contributed by atoms with Crippen molar-refractivity contribution in [2.24, 2.45) is 0 Å². The van der Waals surface area contributed by atoms with Crippen LogP contribution >= 0.6 is 11.9 Å². The Hall–Kier alpha value is -3.23. The average Bonchev–Trinajstić information content (AvgIpc) is 3.27. The lowest BCUT2D eigenvalue weighted by atomic mass is 9.83. The van der Waals surface area contributed by atoms with Crippen molar-refractivity contribution in [2.45, 2.75) is 78.8 Å². The molecule has 0 amide bonds. The third-order valence-corrected chi connectivity index (χ3v) is 9.22. The molecule has 1 aliphatic carbocycles. The molecule has 1 aromatic heterocycles. The Morgan fingerprint density at radius 3 is 2.33 bits per heavy atom. The number of nitrogens with zero attached hydrogens (tertiary/aromatic N) is 2. The summed E-state index contributed by atoms with van der Waals surface area (Å²) in [6, 6.07) is 12.3. The maximum Gasteiger partial charge on any atom is 0.434 e. The highest BCUT2D eigenvalue weighted by molar-refractivity contribution is 8.00. The number of allylic oxidation sites excluding steroid dienone is 3. The smallest absolute Gasteiger partial charge is 0.434 e. The van der Waals surface area contributed by atoms with Gasteiger partial charge in [-0.25, -0.2) is 14.2 Å². The van der Waals surface area contributed by atoms with E-state index in [0.717, 1.165) is 41.9 Å². The first-order valence-corrected chi connectivity index (χ1v) is 14.6. The highest BCUT2D eigenvalue weighted by Crippen LogP contribution is 2.46. The molecule has 1 heterocycles. The zero-order chi connectivity index (χ0) is 29.0. The average molecular weight is 564 g/mol. The van der Waals surface area contributed by atoms with Gasteiger partial charge in [-0.1, -0.05) is 42.8 Å². The molecular weight excluding hydrogens is 522 g/mol. The van der Waals surface area contributed by atoms with E-state index < -0.39 is 5.76 Å². The summed E-state index contributed by atoms with van der Waals surface area (Å²) in [7, 11) is 3.42. The van der Waals surface area contributed by atoms with Crippen molar-refractivity contribution in [1.82, 2.24) is 14.5 Å². The van der Waals surface area contributed by atoms with Crippen LogP contribution < -0.4 is 10.5 Å². The molecule has 0 fully saturated rings. The second kappa shape index (κ2) is 13.0. The van der Waals surface area contributed by atoms with Crippen molar-refractivity contribution in [3.8, 4) is 16.9 Å². The molecule has 8 heteroatoms. The molecule has 1 aliphatic rings. The predicted octanol–water partition coefficient (Wildman–Crippen LogP) is 7.85. The molecule has 0 aliphatic heterocycles. The van der Waals surface area contributed by atoms with Gasteiger partial charge in [-0.15, -0.1) is 5.10 Å². The number of methoxy groups -OCH3 is 2. The van der Waals surface area contributed by atoms with Crippen molar-refractivity contribution >= 4 is 11.9 Å². The molecule has 0 spiro atoms. The molecule has 0 radical (unpaired) electrons. The zero-order valence-corrected chi connectivity index (χ0v) is 25.6. The second-order valence-corrected chi connectivity index (χ2v) is 11.8. The van der Waals surface area contributed by atoms with Crippen LogP contribution in [0.1, 0.15) is 81.5 Å². The number of aromatic amines is 1. The minimum Gasteiger partial charge on any atom is -0.500 e. The second-order valence-electron chi connectivity index (χ2n) is 10.7. The van der Waals surface area contributed by atoms with Crippen molar-refractivity contribution in [1.29, 1.82) is 0 Å². The lowest BCUT2D eigenvalue weighted by Gasteiger charge is -2.37. The standard InChI is InChI=1S/C32H41N3O4S/c1-19(2)35(40-28-18-10-20(3)9-17-27(28)38-8)30(31-33-34-32(36)39-31)23(6)29-21(4)11-16-26(22(29)5)24-12-14-25(37-7)15-13-24/h9,11-16,19,23,30H,10,17-18H2,1-8H3,(H,34,36)/t23-,30+/m1/s1. The van der Waals surface area contributed by atoms with Gasteiger partial charge in [0.1, 0.15) is 17.6 Å². The van der Waals surface area contributed by atoms with Crippen LogP contribution in [0.4, 0.5) is 0 Å². The van der Waals surface area contributed by atoms with Gasteiger partial charge in [-0.3, -0.25) is 0 Å². The van der Waals surface area contributed by atoms with Gasteiger partial charge in [0.15, 0.2) is 0 Å². The number of rotatable bonds is 10. The molecule has 1 N–H and O–H groups in total. The Morgan fingerprint density at radius 1 is 1.00 bits per heavy atom. The van der Waals surface area contributed by atoms with E-state index in [1.165, 1.54) is 27.2 Å². The summed E-state index contributed by atoms with van der Waals surface area (Å²) in [6.45, 7) is 13.0. The molecular formula is C32H41N3O4S. The number of ether oxygens (including phenoxy) is 2. The van der Waals surface area contributed by atoms with E-state index in [1.54, 1.807) is 26.2 Å². The number of hydrogen-bond donors (Lipinski definition) is 1. The summed E-state index contributed by atoms with van der Waals surface area (Å²) >= 11 is 1.70. The van der Waals surface area contributed by atoms with Gasteiger partial charge in [-0.05, 0) is 99.4 Å². The molecule has 7 nitrogen and oxygen atoms in total. The molecule has 2 aromatic carbocycles. The van der Waals surface area contributed by atoms with E-state index in [9.17, 15) is 4.79 Å². The fraction of sp³-hybridized carbons (Fsp3) is 0.438. The van der Waals surface area contributed by atoms with Crippen molar-refractivity contribution in [2.75, 3.05) is 14.2 Å². The topological polar surface area (TPSA) is 80.6 Å². The normalized spacial score (nSPS) is 15.7. The zero-order valence-electron chi connectivity index (χ0n) is 24.8. The quantitative estimate of drug-likeness (QED) is 0.199. The minimum atomic E-state index is -0.549. The van der Waals surface area contributed by atoms with Crippen LogP contribution in [0.5, 0.6) is 5.75 Å². The molecule has 214 valence electrons. The van der Waals surface area contributed by atoms with E-state index in [0.29, 0.717) is 5.89 Å². The van der Waals surface area contributed by atoms with Crippen molar-refractivity contribution in [3.63, 3.8) is 0 Å². The highest BCUT2D eigenvalue weighted by Gasteiger charge is 2.36. The van der Waals surface area contributed by atoms with Crippen LogP contribution in [0.15, 0.2) is 67.9 Å². The molecule has 0 bridgehead atoms. The maximum atomic E-state index is 12.2. The number of hydrogen-bond acceptors (Lipinski definition) is 7. The summed E-state index contributed by atoms with van der Waals surface area (Å²) in [5, 5.41) is 6.86. The summed E-state index contributed by atoms with van der Waals surface area (Å²) in [5.41, 5.74) is 7.25. The van der Waals surface area contributed by atoms with E-state index in [4.69, 9.17) is 13.9 Å². The van der Waals surface area contributed by atoms with Crippen LogP contribution in [0.25, 0.3) is 11.1 Å². The third-order valence-electron chi connectivity index (χ3n) is 7.71. The fourth-order valence-electron chi connectivity index (χ4n) is 5.55. The molecule has 2 atom stereocenters. The SMILES string of the molecule is COC1=C(SN(C(C)C)[C@H](c2n[nH]c(=O)o2)[C@H](C)c2c(C)ccc(-c3ccc(OC)cc3)c2C)CCC(C)=CC1. The molecule has 4 rings (SSSR count). The van der Waals surface area contributed by atoms with Gasteiger partial charge in [0, 0.05) is 23.3 Å². The lowest BCUT2D eigenvalue weighted by Crippen LogP contribution is -2.33. The molecule has 0 saturated carbocycles. The number of aromatic nitrogens is 2. The van der Waals surface area contributed by atoms with Gasteiger partial charge in [-0.2, -0.15) is 0 Å². The van der Waals surface area contributed by atoms with Gasteiger partial charge in [0.25, 0.3) is 0 Å². The number of aryl methyl sites for hydroxylation is 1. The summed E-state index contributed by atoms with van der Waals surface area (Å²) < 4.78 is 19.2. The Bertz CT molecular complexity index is 1440. The van der Waals surface area contributed by atoms with E-state index >= 15 is 0 Å². The minimum absolute atomic E-state index is 0.0446. The Balaban J connectivity index is 1.81. The summed E-state index contributed by atoms with van der Waals surface area (Å²) in [6.07, 6.45) is 4.91. The van der Waals surface area contributed by atoms with Crippen molar-refractivity contribution in [3.05, 3.63) is 91.8 Å². The molecule has 3 aromatic rings. The van der Waals surface area contributed by atoms with Crippen molar-refractivity contribution < 1.29 is 13.9 Å². The van der Waals surface area contributed by atoms with Gasteiger partial charge in [0.2, 0.25) is 5.89 Å². The number of benzene rings is 2. The Kier molecular flexibility index (Phi) is 9.64. The van der Waals surface area contributed by atoms with E-state index in [1.807, 2.05) is 12.1 Å². The van der Waals surface area contributed by atoms with Crippen LogP contribution in [0.2, 0.25) is 0 Å². The van der Waals surface area contributed by atoms with Gasteiger partial charge < -0.3 is 13.9 Å². The Labute approximate surface area is 241 Å². The van der Waals surface area contributed by atoms with E-state index in [2.05, 4.69) is 86.4 Å². The Morgan fingerprint density at radius 2 is 1.73 bits per heavy atom. The molecule has 0 saturated heterocycles. The highest BCUT2D eigenvalue weighted by atomic mass is 32.2. The van der Waals surface area contributed by atoms with Gasteiger partial charge >= 0.3 is 5.76 Å². The monoisotopic (exact) mass is 563 g/mol. The largest absolute Gasteiger partial charge is 0.500 e. The van der Waals surface area contributed by atoms with Crippen LogP contribution in [0.3, 0.4) is 0 Å². The van der Waals surface area contributed by atoms with E-state index in [-0.39, 0.29) is 18.0 Å². The predicted molar refractivity (Wildman–Crippen MR) is 162 cm³/mol. The third kappa shape index (κ3) is 6.39. The maximum absolute atomic E-state index is 12.2. The fourth-order valence-corrected chi connectivity index (χ4v) is 6.87. The summed E-state index contributed by atoms with van der Waals surface area (Å²) in [4.78, 5) is 13.4. The summed E-state index contributed by atoms with van der Waals surface area (Å²) in [5.74, 6) is 1.60.